The lowest BCUT2D eigenvalue weighted by Crippen LogP contribution is -2.06. The molecule has 0 atom stereocenters. The molecule has 7 heteroatoms. The summed E-state index contributed by atoms with van der Waals surface area (Å²) in [6.07, 6.45) is -2.90. The van der Waals surface area contributed by atoms with E-state index in [-0.39, 0.29) is 4.47 Å². The molecular weight excluding hydrogens is 347 g/mol. The van der Waals surface area contributed by atoms with Crippen LogP contribution >= 0.6 is 15.9 Å². The highest BCUT2D eigenvalue weighted by atomic mass is 79.9. The molecule has 21 heavy (non-hydrogen) atoms. The number of nitrogens with two attached hydrogens (primary N) is 1. The standard InChI is InChI=1S/C14H15BrF3N3/c1-3-4-9-12(20-21(2)13(9)19)8-5-6-11(15)10(7-8)14(16,17)18/h5-7H,3-4,19H2,1-2H3. The first-order chi connectivity index (χ1) is 9.75. The van der Waals surface area contributed by atoms with Gasteiger partial charge in [0.15, 0.2) is 0 Å². The van der Waals surface area contributed by atoms with Gasteiger partial charge in [-0.05, 0) is 18.6 Å². The molecule has 0 spiro atoms. The van der Waals surface area contributed by atoms with Crippen LogP contribution in [0.5, 0.6) is 0 Å². The van der Waals surface area contributed by atoms with Gasteiger partial charge in [0.25, 0.3) is 0 Å². The summed E-state index contributed by atoms with van der Waals surface area (Å²) < 4.78 is 40.5. The Morgan fingerprint density at radius 2 is 2.00 bits per heavy atom. The minimum Gasteiger partial charge on any atom is -0.384 e. The minimum absolute atomic E-state index is 0.0136. The second kappa shape index (κ2) is 5.71. The lowest BCUT2D eigenvalue weighted by Gasteiger charge is -2.11. The van der Waals surface area contributed by atoms with Crippen molar-refractivity contribution < 1.29 is 13.2 Å². The number of halogens is 4. The van der Waals surface area contributed by atoms with Crippen LogP contribution in [0.2, 0.25) is 0 Å². The van der Waals surface area contributed by atoms with Gasteiger partial charge in [0, 0.05) is 22.6 Å². The molecule has 0 bridgehead atoms. The van der Waals surface area contributed by atoms with Crippen molar-refractivity contribution in [1.82, 2.24) is 9.78 Å². The van der Waals surface area contributed by atoms with Gasteiger partial charge < -0.3 is 5.73 Å². The third-order valence-electron chi connectivity index (χ3n) is 3.24. The first-order valence-electron chi connectivity index (χ1n) is 6.44. The van der Waals surface area contributed by atoms with Gasteiger partial charge in [-0.15, -0.1) is 0 Å². The highest BCUT2D eigenvalue weighted by molar-refractivity contribution is 9.10. The molecule has 2 aromatic rings. The lowest BCUT2D eigenvalue weighted by atomic mass is 10.0. The van der Waals surface area contributed by atoms with E-state index < -0.39 is 11.7 Å². The Morgan fingerprint density at radius 1 is 1.33 bits per heavy atom. The molecule has 0 amide bonds. The number of hydrogen-bond acceptors (Lipinski definition) is 2. The summed E-state index contributed by atoms with van der Waals surface area (Å²) in [4.78, 5) is 0. The van der Waals surface area contributed by atoms with Crippen LogP contribution < -0.4 is 5.73 Å². The normalized spacial score (nSPS) is 11.9. The summed E-state index contributed by atoms with van der Waals surface area (Å²) in [6.45, 7) is 1.99. The van der Waals surface area contributed by atoms with Crippen molar-refractivity contribution in [3.05, 3.63) is 33.8 Å². The number of anilines is 1. The average Bonchev–Trinajstić information content (AvgIpc) is 2.67. The molecule has 1 heterocycles. The van der Waals surface area contributed by atoms with Crippen molar-refractivity contribution in [2.24, 2.45) is 7.05 Å². The van der Waals surface area contributed by atoms with Gasteiger partial charge in [-0.25, -0.2) is 0 Å². The van der Waals surface area contributed by atoms with E-state index in [1.165, 1.54) is 10.7 Å². The first-order valence-corrected chi connectivity index (χ1v) is 7.23. The van der Waals surface area contributed by atoms with Gasteiger partial charge in [0.05, 0.1) is 11.3 Å². The van der Waals surface area contributed by atoms with Crippen LogP contribution in [0.4, 0.5) is 19.0 Å². The molecule has 114 valence electrons. The maximum Gasteiger partial charge on any atom is 0.417 e. The Balaban J connectivity index is 2.60. The van der Waals surface area contributed by atoms with Crippen LogP contribution in [0.15, 0.2) is 22.7 Å². The van der Waals surface area contributed by atoms with Gasteiger partial charge >= 0.3 is 6.18 Å². The van der Waals surface area contributed by atoms with Gasteiger partial charge in [-0.1, -0.05) is 35.3 Å². The van der Waals surface area contributed by atoms with E-state index in [4.69, 9.17) is 5.73 Å². The Bertz CT molecular complexity index is 662. The van der Waals surface area contributed by atoms with Crippen molar-refractivity contribution in [2.75, 3.05) is 5.73 Å². The van der Waals surface area contributed by atoms with Crippen LogP contribution in [0, 0.1) is 0 Å². The smallest absolute Gasteiger partial charge is 0.384 e. The number of rotatable bonds is 3. The van der Waals surface area contributed by atoms with Gasteiger partial charge in [0.1, 0.15) is 5.82 Å². The van der Waals surface area contributed by atoms with Crippen molar-refractivity contribution in [2.45, 2.75) is 25.9 Å². The number of aromatic nitrogens is 2. The van der Waals surface area contributed by atoms with Crippen molar-refractivity contribution >= 4 is 21.7 Å². The molecule has 2 N–H and O–H groups in total. The topological polar surface area (TPSA) is 43.8 Å². The minimum atomic E-state index is -4.42. The van der Waals surface area contributed by atoms with Crippen LogP contribution in [-0.4, -0.2) is 9.78 Å². The predicted molar refractivity (Wildman–Crippen MR) is 79.8 cm³/mol. The van der Waals surface area contributed by atoms with Gasteiger partial charge in [-0.3, -0.25) is 4.68 Å². The number of hydrogen-bond donors (Lipinski definition) is 1. The number of nitrogens with zero attached hydrogens (tertiary/aromatic N) is 2. The quantitative estimate of drug-likeness (QED) is 0.880. The molecule has 0 aliphatic carbocycles. The fourth-order valence-electron chi connectivity index (χ4n) is 2.20. The Hall–Kier alpha value is -1.50. The van der Waals surface area contributed by atoms with Gasteiger partial charge in [-0.2, -0.15) is 18.3 Å². The average molecular weight is 362 g/mol. The van der Waals surface area contributed by atoms with Crippen LogP contribution in [0.1, 0.15) is 24.5 Å². The van der Waals surface area contributed by atoms with E-state index in [9.17, 15) is 13.2 Å². The number of aryl methyl sites for hydroxylation is 1. The van der Waals surface area contributed by atoms with Crippen LogP contribution in [0.3, 0.4) is 0 Å². The van der Waals surface area contributed by atoms with Crippen molar-refractivity contribution in [3.8, 4) is 11.3 Å². The maximum atomic E-state index is 13.0. The third-order valence-corrected chi connectivity index (χ3v) is 3.93. The number of benzene rings is 1. The SMILES string of the molecule is CCCc1c(-c2ccc(Br)c(C(F)(F)F)c2)nn(C)c1N. The Labute approximate surface area is 129 Å². The summed E-state index contributed by atoms with van der Waals surface area (Å²) in [5.74, 6) is 0.489. The molecule has 0 saturated carbocycles. The summed E-state index contributed by atoms with van der Waals surface area (Å²) in [6, 6.07) is 4.10. The summed E-state index contributed by atoms with van der Waals surface area (Å²) >= 11 is 2.94. The molecule has 3 nitrogen and oxygen atoms in total. The largest absolute Gasteiger partial charge is 0.417 e. The molecule has 0 aliphatic heterocycles. The molecule has 0 saturated heterocycles. The lowest BCUT2D eigenvalue weighted by molar-refractivity contribution is -0.138. The first kappa shape index (κ1) is 15.9. The van der Waals surface area contributed by atoms with E-state index in [1.807, 2.05) is 6.92 Å². The zero-order chi connectivity index (χ0) is 15.8. The highest BCUT2D eigenvalue weighted by Crippen LogP contribution is 2.38. The van der Waals surface area contributed by atoms with Crippen molar-refractivity contribution in [1.29, 1.82) is 0 Å². The fraction of sp³-hybridized carbons (Fsp3) is 0.357. The van der Waals surface area contributed by atoms with E-state index in [0.717, 1.165) is 18.1 Å². The van der Waals surface area contributed by atoms with Crippen LogP contribution in [0.25, 0.3) is 11.3 Å². The molecular formula is C14H15BrF3N3. The third kappa shape index (κ3) is 3.07. The van der Waals surface area contributed by atoms with Gasteiger partial charge in [0.2, 0.25) is 0 Å². The molecule has 1 aromatic carbocycles. The Kier molecular flexibility index (Phi) is 4.32. The molecule has 0 aliphatic rings. The molecule has 1 aromatic heterocycles. The van der Waals surface area contributed by atoms with Crippen molar-refractivity contribution in [3.63, 3.8) is 0 Å². The summed E-state index contributed by atoms with van der Waals surface area (Å²) in [7, 11) is 1.68. The number of nitrogen functional groups attached to an aromatic ring is 1. The summed E-state index contributed by atoms with van der Waals surface area (Å²) in [5, 5.41) is 4.26. The fourth-order valence-corrected chi connectivity index (χ4v) is 2.67. The highest BCUT2D eigenvalue weighted by Gasteiger charge is 2.33. The van der Waals surface area contributed by atoms with E-state index in [1.54, 1.807) is 13.1 Å². The zero-order valence-corrected chi connectivity index (χ0v) is 13.2. The monoisotopic (exact) mass is 361 g/mol. The summed E-state index contributed by atoms with van der Waals surface area (Å²) in [5.41, 5.74) is 6.95. The predicted octanol–water partition coefficient (Wildman–Crippen LogP) is 4.40. The maximum absolute atomic E-state index is 13.0. The zero-order valence-electron chi connectivity index (χ0n) is 11.6. The molecule has 0 radical (unpaired) electrons. The van der Waals surface area contributed by atoms with E-state index in [0.29, 0.717) is 23.5 Å². The second-order valence-electron chi connectivity index (χ2n) is 4.78. The number of alkyl halides is 3. The molecule has 2 rings (SSSR count). The second-order valence-corrected chi connectivity index (χ2v) is 5.63. The molecule has 0 unspecified atom stereocenters. The van der Waals surface area contributed by atoms with Crippen LogP contribution in [-0.2, 0) is 19.6 Å². The van der Waals surface area contributed by atoms with E-state index >= 15 is 0 Å². The Morgan fingerprint density at radius 3 is 2.57 bits per heavy atom. The van der Waals surface area contributed by atoms with E-state index in [2.05, 4.69) is 21.0 Å². The molecule has 0 fully saturated rings.